The van der Waals surface area contributed by atoms with Gasteiger partial charge < -0.3 is 10.1 Å². The number of aromatic nitrogens is 5. The first-order chi connectivity index (χ1) is 19.1. The number of benzene rings is 2. The van der Waals surface area contributed by atoms with Crippen molar-refractivity contribution >= 4 is 40.3 Å². The second-order valence-corrected chi connectivity index (χ2v) is 9.00. The minimum Gasteiger partial charge on any atom is -0.487 e. The Labute approximate surface area is 229 Å². The van der Waals surface area contributed by atoms with E-state index >= 15 is 0 Å². The summed E-state index contributed by atoms with van der Waals surface area (Å²) in [5.74, 6) is 0.392. The summed E-state index contributed by atoms with van der Waals surface area (Å²) in [6.45, 7) is 1.80. The molecule has 0 saturated heterocycles. The van der Waals surface area contributed by atoms with Gasteiger partial charge in [0.2, 0.25) is 0 Å². The van der Waals surface area contributed by atoms with E-state index < -0.39 is 0 Å². The van der Waals surface area contributed by atoms with Crippen LogP contribution >= 0.6 is 11.6 Å². The zero-order chi connectivity index (χ0) is 26.9. The Kier molecular flexibility index (Phi) is 8.35. The molecule has 0 aliphatic heterocycles. The molecule has 1 amide bonds. The van der Waals surface area contributed by atoms with Gasteiger partial charge in [0.05, 0.1) is 17.9 Å². The maximum atomic E-state index is 12.0. The Hall–Kier alpha value is -4.83. The van der Waals surface area contributed by atoms with E-state index in [9.17, 15) is 4.79 Å². The molecule has 3 heterocycles. The number of fused-ring (bicyclic) bond motifs is 1. The zero-order valence-corrected chi connectivity index (χ0v) is 21.6. The number of hydrogen-bond acceptors (Lipinski definition) is 8. The Bertz CT molecular complexity index is 1570. The maximum Gasteiger partial charge on any atom is 0.271 e. The molecule has 0 spiro atoms. The Morgan fingerprint density at radius 2 is 1.90 bits per heavy atom. The molecule has 196 valence electrons. The van der Waals surface area contributed by atoms with Gasteiger partial charge in [-0.15, -0.1) is 5.10 Å². The molecule has 0 fully saturated rings. The van der Waals surface area contributed by atoms with Gasteiger partial charge in [0, 0.05) is 53.3 Å². The fraction of sp³-hybridized carbons (Fsp3) is 0.143. The molecule has 10 nitrogen and oxygen atoms in total. The van der Waals surface area contributed by atoms with Crippen LogP contribution in [0.3, 0.4) is 0 Å². The van der Waals surface area contributed by atoms with E-state index in [1.165, 1.54) is 0 Å². The first kappa shape index (κ1) is 25.8. The van der Waals surface area contributed by atoms with E-state index in [1.807, 2.05) is 59.4 Å². The van der Waals surface area contributed by atoms with Crippen LogP contribution in [0.1, 0.15) is 28.0 Å². The molecule has 0 aliphatic rings. The summed E-state index contributed by atoms with van der Waals surface area (Å²) in [7, 11) is 0. The minimum atomic E-state index is -0.300. The number of hydrazone groups is 1. The molecular weight excluding hydrogens is 516 g/mol. The van der Waals surface area contributed by atoms with Gasteiger partial charge in [-0.05, 0) is 72.6 Å². The van der Waals surface area contributed by atoms with Crippen molar-refractivity contribution in [3.63, 3.8) is 0 Å². The molecule has 3 aromatic heterocycles. The number of rotatable bonds is 11. The molecule has 5 aromatic rings. The third kappa shape index (κ3) is 7.14. The lowest BCUT2D eigenvalue weighted by Gasteiger charge is -2.09. The molecule has 2 N–H and O–H groups in total. The van der Waals surface area contributed by atoms with Crippen molar-refractivity contribution in [1.29, 1.82) is 0 Å². The van der Waals surface area contributed by atoms with Crippen LogP contribution in [0, 0.1) is 0 Å². The van der Waals surface area contributed by atoms with E-state index in [2.05, 4.69) is 36.1 Å². The minimum absolute atomic E-state index is 0.300. The largest absolute Gasteiger partial charge is 0.487 e. The highest BCUT2D eigenvalue weighted by molar-refractivity contribution is 6.31. The summed E-state index contributed by atoms with van der Waals surface area (Å²) in [5, 5.41) is 17.6. The summed E-state index contributed by atoms with van der Waals surface area (Å²) < 4.78 is 7.64. The molecule has 0 unspecified atom stereocenters. The van der Waals surface area contributed by atoms with E-state index in [0.717, 1.165) is 47.4 Å². The Balaban J connectivity index is 1.04. The number of carbonyl (C=O) groups is 1. The van der Waals surface area contributed by atoms with Crippen LogP contribution in [0.2, 0.25) is 5.02 Å². The SMILES string of the molecule is O=C(N/N=C/c1ccc(OCc2cn(CCCNc3ccnc4cc(Cl)ccc34)nn2)cc1)c1ccncc1. The molecular formula is C28H25ClN8O2. The van der Waals surface area contributed by atoms with E-state index in [0.29, 0.717) is 22.9 Å². The van der Waals surface area contributed by atoms with Crippen molar-refractivity contribution in [2.75, 3.05) is 11.9 Å². The van der Waals surface area contributed by atoms with Crippen LogP contribution in [-0.4, -0.2) is 43.6 Å². The molecule has 0 atom stereocenters. The van der Waals surface area contributed by atoms with Gasteiger partial charge in [-0.25, -0.2) is 5.43 Å². The quantitative estimate of drug-likeness (QED) is 0.141. The predicted molar refractivity (Wildman–Crippen MR) is 150 cm³/mol. The third-order valence-electron chi connectivity index (χ3n) is 5.76. The third-order valence-corrected chi connectivity index (χ3v) is 5.99. The van der Waals surface area contributed by atoms with Crippen LogP contribution in [0.15, 0.2) is 90.6 Å². The van der Waals surface area contributed by atoms with Gasteiger partial charge in [-0.3, -0.25) is 19.4 Å². The number of ether oxygens (including phenoxy) is 1. The lowest BCUT2D eigenvalue weighted by molar-refractivity contribution is 0.0955. The average molecular weight is 541 g/mol. The van der Waals surface area contributed by atoms with Gasteiger partial charge in [0.1, 0.15) is 18.1 Å². The lowest BCUT2D eigenvalue weighted by atomic mass is 10.2. The fourth-order valence-electron chi connectivity index (χ4n) is 3.79. The number of carbonyl (C=O) groups excluding carboxylic acids is 1. The maximum absolute atomic E-state index is 12.0. The highest BCUT2D eigenvalue weighted by atomic mass is 35.5. The van der Waals surface area contributed by atoms with Crippen LogP contribution in [0.4, 0.5) is 5.69 Å². The molecule has 39 heavy (non-hydrogen) atoms. The number of nitrogens with zero attached hydrogens (tertiary/aromatic N) is 6. The number of hydrogen-bond donors (Lipinski definition) is 2. The molecule has 0 aliphatic carbocycles. The summed E-state index contributed by atoms with van der Waals surface area (Å²) in [4.78, 5) is 20.3. The number of nitrogens with one attached hydrogen (secondary N) is 2. The van der Waals surface area contributed by atoms with Gasteiger partial charge in [-0.1, -0.05) is 16.8 Å². The topological polar surface area (TPSA) is 119 Å². The number of halogens is 1. The number of amides is 1. The summed E-state index contributed by atoms with van der Waals surface area (Å²) in [5.41, 5.74) is 6.43. The first-order valence-electron chi connectivity index (χ1n) is 12.3. The fourth-order valence-corrected chi connectivity index (χ4v) is 3.96. The molecule has 11 heteroatoms. The van der Waals surface area contributed by atoms with Crippen molar-refractivity contribution in [2.24, 2.45) is 5.10 Å². The Morgan fingerprint density at radius 3 is 2.74 bits per heavy atom. The monoisotopic (exact) mass is 540 g/mol. The molecule has 0 saturated carbocycles. The van der Waals surface area contributed by atoms with Crippen molar-refractivity contribution in [1.82, 2.24) is 30.4 Å². The lowest BCUT2D eigenvalue weighted by Crippen LogP contribution is -2.17. The average Bonchev–Trinajstić information content (AvgIpc) is 3.43. The van der Waals surface area contributed by atoms with E-state index in [1.54, 1.807) is 36.9 Å². The van der Waals surface area contributed by atoms with Gasteiger partial charge >= 0.3 is 0 Å². The van der Waals surface area contributed by atoms with Gasteiger partial charge in [0.25, 0.3) is 5.91 Å². The number of anilines is 1. The summed E-state index contributed by atoms with van der Waals surface area (Å²) in [6, 6.07) is 18.3. The number of aryl methyl sites for hydroxylation is 1. The van der Waals surface area contributed by atoms with E-state index in [4.69, 9.17) is 16.3 Å². The smallest absolute Gasteiger partial charge is 0.271 e. The normalized spacial score (nSPS) is 11.1. The van der Waals surface area contributed by atoms with Crippen LogP contribution in [-0.2, 0) is 13.2 Å². The van der Waals surface area contributed by atoms with Gasteiger partial charge in [-0.2, -0.15) is 5.10 Å². The summed E-state index contributed by atoms with van der Waals surface area (Å²) in [6.07, 6.45) is 9.20. The zero-order valence-electron chi connectivity index (χ0n) is 20.9. The highest BCUT2D eigenvalue weighted by Crippen LogP contribution is 2.24. The molecule has 5 rings (SSSR count). The second kappa shape index (κ2) is 12.6. The number of pyridine rings is 2. The standard InChI is InChI=1S/C28H25ClN8O2/c29-22-4-7-25-26(10-14-32-27(25)16-22)31-11-1-15-37-18-23(34-36-37)19-39-24-5-2-20(3-6-24)17-33-35-28(38)21-8-12-30-13-9-21/h2-10,12-14,16-18H,1,11,15,19H2,(H,31,32)(H,35,38)/b33-17+. The van der Waals surface area contributed by atoms with Crippen molar-refractivity contribution in [3.05, 3.63) is 107 Å². The molecule has 2 aromatic carbocycles. The predicted octanol–water partition coefficient (Wildman–Crippen LogP) is 4.72. The first-order valence-corrected chi connectivity index (χ1v) is 12.7. The summed E-state index contributed by atoms with van der Waals surface area (Å²) >= 11 is 6.07. The van der Waals surface area contributed by atoms with E-state index in [-0.39, 0.29) is 5.91 Å². The highest BCUT2D eigenvalue weighted by Gasteiger charge is 2.05. The van der Waals surface area contributed by atoms with Crippen molar-refractivity contribution < 1.29 is 9.53 Å². The van der Waals surface area contributed by atoms with Gasteiger partial charge in [0.15, 0.2) is 0 Å². The van der Waals surface area contributed by atoms with Crippen LogP contribution in [0.25, 0.3) is 10.9 Å². The van der Waals surface area contributed by atoms with Crippen molar-refractivity contribution in [2.45, 2.75) is 19.6 Å². The molecule has 0 radical (unpaired) electrons. The van der Waals surface area contributed by atoms with Crippen molar-refractivity contribution in [3.8, 4) is 5.75 Å². The Morgan fingerprint density at radius 1 is 1.05 bits per heavy atom. The van der Waals surface area contributed by atoms with Crippen LogP contribution in [0.5, 0.6) is 5.75 Å². The van der Waals surface area contributed by atoms with Crippen LogP contribution < -0.4 is 15.5 Å². The second-order valence-electron chi connectivity index (χ2n) is 8.57. The molecule has 0 bridgehead atoms.